The molecule has 0 saturated heterocycles. The molecule has 0 amide bonds. The Balaban J connectivity index is 1.93. The molecule has 0 aliphatic rings. The Morgan fingerprint density at radius 3 is 2.00 bits per heavy atom. The second kappa shape index (κ2) is 7.90. The number of nitrogens with zero attached hydrogens (tertiary/aromatic N) is 1. The number of halogens is 1. The van der Waals surface area contributed by atoms with Crippen LogP contribution in [0.5, 0.6) is 11.5 Å². The lowest BCUT2D eigenvalue weighted by atomic mass is 10.1. The highest BCUT2D eigenvalue weighted by atomic mass is 79.9. The lowest BCUT2D eigenvalue weighted by molar-refractivity contribution is 0.393. The molecule has 4 rings (SSSR count). The van der Waals surface area contributed by atoms with E-state index in [0.29, 0.717) is 11.5 Å². The Bertz CT molecular complexity index is 1040. The van der Waals surface area contributed by atoms with Crippen LogP contribution < -0.4 is 9.47 Å². The maximum atomic E-state index is 5.60. The fraction of sp³-hybridized carbons (Fsp3) is 0.0870. The number of nitrogens with one attached hydrogen (secondary N) is 1. The van der Waals surface area contributed by atoms with E-state index in [0.717, 1.165) is 38.4 Å². The van der Waals surface area contributed by atoms with Crippen molar-refractivity contribution in [3.05, 3.63) is 77.3 Å². The van der Waals surface area contributed by atoms with Crippen LogP contribution in [0.2, 0.25) is 0 Å². The Morgan fingerprint density at radius 2 is 1.39 bits per heavy atom. The maximum Gasteiger partial charge on any atom is 0.142 e. The summed E-state index contributed by atoms with van der Waals surface area (Å²) >= 11 is 3.56. The number of aromatic amines is 1. The number of rotatable bonds is 5. The molecule has 0 unspecified atom stereocenters. The molecule has 140 valence electrons. The van der Waals surface area contributed by atoms with E-state index in [1.54, 1.807) is 14.2 Å². The van der Waals surface area contributed by atoms with Gasteiger partial charge >= 0.3 is 0 Å². The predicted molar refractivity (Wildman–Crippen MR) is 116 cm³/mol. The van der Waals surface area contributed by atoms with Gasteiger partial charge in [-0.2, -0.15) is 0 Å². The molecule has 0 fully saturated rings. The van der Waals surface area contributed by atoms with Crippen LogP contribution in [0.15, 0.2) is 77.3 Å². The fourth-order valence-electron chi connectivity index (χ4n) is 3.16. The quantitative estimate of drug-likeness (QED) is 0.407. The predicted octanol–water partition coefficient (Wildman–Crippen LogP) is 6.19. The molecule has 0 saturated carbocycles. The first-order chi connectivity index (χ1) is 13.7. The largest absolute Gasteiger partial charge is 0.496 e. The van der Waals surface area contributed by atoms with E-state index in [1.165, 1.54) is 0 Å². The zero-order chi connectivity index (χ0) is 19.5. The topological polar surface area (TPSA) is 47.1 Å². The molecular weight excluding hydrogens is 416 g/mol. The maximum absolute atomic E-state index is 5.60. The van der Waals surface area contributed by atoms with Gasteiger partial charge in [0.1, 0.15) is 17.3 Å². The molecule has 3 aromatic carbocycles. The van der Waals surface area contributed by atoms with Gasteiger partial charge in [-0.1, -0.05) is 60.7 Å². The lowest BCUT2D eigenvalue weighted by Crippen LogP contribution is -1.93. The molecule has 4 nitrogen and oxygen atoms in total. The van der Waals surface area contributed by atoms with Gasteiger partial charge in [-0.15, -0.1) is 0 Å². The van der Waals surface area contributed by atoms with Crippen LogP contribution in [0.1, 0.15) is 0 Å². The second-order valence-electron chi connectivity index (χ2n) is 6.23. The van der Waals surface area contributed by atoms with E-state index in [1.807, 2.05) is 48.5 Å². The Labute approximate surface area is 172 Å². The SMILES string of the molecule is COc1cc(OC)c(-c2nc(-c3ccccc3)c(-c3ccccc3)[nH]2)cc1Br. The molecule has 1 N–H and O–H groups in total. The van der Waals surface area contributed by atoms with E-state index in [-0.39, 0.29) is 0 Å². The van der Waals surface area contributed by atoms with Crippen molar-refractivity contribution < 1.29 is 9.47 Å². The number of imidazole rings is 1. The van der Waals surface area contributed by atoms with Crippen LogP contribution in [0.4, 0.5) is 0 Å². The normalized spacial score (nSPS) is 10.7. The smallest absolute Gasteiger partial charge is 0.142 e. The molecule has 0 bridgehead atoms. The number of aromatic nitrogens is 2. The molecule has 5 heteroatoms. The van der Waals surface area contributed by atoms with Gasteiger partial charge in [0.15, 0.2) is 0 Å². The van der Waals surface area contributed by atoms with Crippen molar-refractivity contribution in [2.24, 2.45) is 0 Å². The minimum absolute atomic E-state index is 0.688. The molecule has 0 spiro atoms. The van der Waals surface area contributed by atoms with Crippen molar-refractivity contribution in [3.8, 4) is 45.4 Å². The van der Waals surface area contributed by atoms with Gasteiger partial charge < -0.3 is 14.5 Å². The summed E-state index contributed by atoms with van der Waals surface area (Å²) in [6.07, 6.45) is 0. The van der Waals surface area contributed by atoms with E-state index < -0.39 is 0 Å². The molecule has 1 heterocycles. The van der Waals surface area contributed by atoms with Crippen LogP contribution >= 0.6 is 15.9 Å². The Kier molecular flexibility index (Phi) is 5.17. The third-order valence-corrected chi connectivity index (χ3v) is 5.16. The van der Waals surface area contributed by atoms with Gasteiger partial charge in [0, 0.05) is 17.2 Å². The highest BCUT2D eigenvalue weighted by Crippen LogP contribution is 2.40. The molecule has 1 aromatic heterocycles. The van der Waals surface area contributed by atoms with Gasteiger partial charge in [0.05, 0.1) is 35.6 Å². The van der Waals surface area contributed by atoms with Crippen molar-refractivity contribution in [2.45, 2.75) is 0 Å². The van der Waals surface area contributed by atoms with Crippen molar-refractivity contribution in [3.63, 3.8) is 0 Å². The number of methoxy groups -OCH3 is 2. The highest BCUT2D eigenvalue weighted by molar-refractivity contribution is 9.10. The van der Waals surface area contributed by atoms with E-state index in [2.05, 4.69) is 45.2 Å². The molecule has 0 atom stereocenters. The third-order valence-electron chi connectivity index (χ3n) is 4.54. The van der Waals surface area contributed by atoms with Crippen LogP contribution in [0.25, 0.3) is 33.9 Å². The van der Waals surface area contributed by atoms with Crippen molar-refractivity contribution in [1.29, 1.82) is 0 Å². The van der Waals surface area contributed by atoms with E-state index in [9.17, 15) is 0 Å². The first-order valence-corrected chi connectivity index (χ1v) is 9.63. The third kappa shape index (κ3) is 3.41. The summed E-state index contributed by atoms with van der Waals surface area (Å²) in [5.74, 6) is 2.13. The van der Waals surface area contributed by atoms with E-state index >= 15 is 0 Å². The minimum Gasteiger partial charge on any atom is -0.496 e. The Morgan fingerprint density at radius 1 is 0.786 bits per heavy atom. The summed E-state index contributed by atoms with van der Waals surface area (Å²) in [6, 6.07) is 24.2. The zero-order valence-corrected chi connectivity index (χ0v) is 17.2. The van der Waals surface area contributed by atoms with Crippen molar-refractivity contribution in [1.82, 2.24) is 9.97 Å². The monoisotopic (exact) mass is 434 g/mol. The first-order valence-electron chi connectivity index (χ1n) is 8.84. The summed E-state index contributed by atoms with van der Waals surface area (Å²) in [6.45, 7) is 0. The van der Waals surface area contributed by atoms with E-state index in [4.69, 9.17) is 14.5 Å². The standard InChI is InChI=1S/C23H19BrN2O2/c1-27-19-14-20(28-2)18(24)13-17(19)23-25-21(15-9-5-3-6-10-15)22(26-23)16-11-7-4-8-12-16/h3-14H,1-2H3,(H,25,26). The Hall–Kier alpha value is -3.05. The zero-order valence-electron chi connectivity index (χ0n) is 15.6. The van der Waals surface area contributed by atoms with Gasteiger partial charge in [-0.25, -0.2) is 4.98 Å². The number of H-pyrrole nitrogens is 1. The summed E-state index contributed by atoms with van der Waals surface area (Å²) < 4.78 is 11.8. The van der Waals surface area contributed by atoms with Crippen LogP contribution in [0, 0.1) is 0 Å². The van der Waals surface area contributed by atoms with Gasteiger partial charge in [0.25, 0.3) is 0 Å². The van der Waals surface area contributed by atoms with Crippen LogP contribution in [-0.2, 0) is 0 Å². The van der Waals surface area contributed by atoms with Crippen molar-refractivity contribution in [2.75, 3.05) is 14.2 Å². The summed E-state index contributed by atoms with van der Waals surface area (Å²) in [4.78, 5) is 8.43. The number of hydrogen-bond acceptors (Lipinski definition) is 3. The number of ether oxygens (including phenoxy) is 2. The molecule has 0 aliphatic heterocycles. The molecule has 0 radical (unpaired) electrons. The summed E-state index contributed by atoms with van der Waals surface area (Å²) in [5.41, 5.74) is 4.85. The van der Waals surface area contributed by atoms with Gasteiger partial charge in [-0.05, 0) is 22.0 Å². The molecule has 28 heavy (non-hydrogen) atoms. The van der Waals surface area contributed by atoms with Crippen LogP contribution in [-0.4, -0.2) is 24.2 Å². The molecule has 4 aromatic rings. The number of benzene rings is 3. The molecule has 0 aliphatic carbocycles. The second-order valence-corrected chi connectivity index (χ2v) is 7.08. The summed E-state index contributed by atoms with van der Waals surface area (Å²) in [5, 5.41) is 0. The fourth-order valence-corrected chi connectivity index (χ4v) is 3.67. The lowest BCUT2D eigenvalue weighted by Gasteiger charge is -2.10. The minimum atomic E-state index is 0.688. The van der Waals surface area contributed by atoms with Gasteiger partial charge in [-0.3, -0.25) is 0 Å². The van der Waals surface area contributed by atoms with Crippen molar-refractivity contribution >= 4 is 15.9 Å². The average molecular weight is 435 g/mol. The first kappa shape index (κ1) is 18.3. The van der Waals surface area contributed by atoms with Gasteiger partial charge in [0.2, 0.25) is 0 Å². The average Bonchev–Trinajstić information content (AvgIpc) is 3.20. The summed E-state index contributed by atoms with van der Waals surface area (Å²) in [7, 11) is 3.28. The molecular formula is C23H19BrN2O2. The van der Waals surface area contributed by atoms with Crippen LogP contribution in [0.3, 0.4) is 0 Å². The highest BCUT2D eigenvalue weighted by Gasteiger charge is 2.19. The number of hydrogen-bond donors (Lipinski definition) is 1.